The van der Waals surface area contributed by atoms with Gasteiger partial charge in [0.2, 0.25) is 5.91 Å². The fraction of sp³-hybridized carbons (Fsp3) is 0.500. The van der Waals surface area contributed by atoms with Gasteiger partial charge in [-0.05, 0) is 49.9 Å². The molecule has 1 aromatic heterocycles. The van der Waals surface area contributed by atoms with Gasteiger partial charge in [0.15, 0.2) is 0 Å². The number of benzene rings is 1. The van der Waals surface area contributed by atoms with Crippen molar-refractivity contribution in [2.24, 2.45) is 23.3 Å². The first-order valence-electron chi connectivity index (χ1n) is 11.2. The summed E-state index contributed by atoms with van der Waals surface area (Å²) in [6.07, 6.45) is 0. The van der Waals surface area contributed by atoms with Crippen molar-refractivity contribution in [3.05, 3.63) is 35.5 Å². The van der Waals surface area contributed by atoms with Crippen molar-refractivity contribution in [2.45, 2.75) is 59.2 Å². The van der Waals surface area contributed by atoms with E-state index in [-0.39, 0.29) is 40.9 Å². The second-order valence-electron chi connectivity index (χ2n) is 9.64. The molecule has 2 aromatic rings. The summed E-state index contributed by atoms with van der Waals surface area (Å²) >= 11 is 0. The molecule has 0 bridgehead atoms. The van der Waals surface area contributed by atoms with Crippen molar-refractivity contribution in [3.8, 4) is 5.75 Å². The van der Waals surface area contributed by atoms with Crippen molar-refractivity contribution < 1.29 is 27.9 Å². The number of alkyl halides is 2. The molecule has 2 atom stereocenters. The number of ether oxygens (including phenoxy) is 1. The maximum atomic E-state index is 13.3. The summed E-state index contributed by atoms with van der Waals surface area (Å²) in [6, 6.07) is 5.30. The minimum absolute atomic E-state index is 0.0386. The molecule has 0 spiro atoms. The fourth-order valence-electron chi connectivity index (χ4n) is 3.03. The lowest BCUT2D eigenvalue weighted by Gasteiger charge is -2.31. The zero-order chi connectivity index (χ0) is 26.7. The Morgan fingerprint density at radius 1 is 1.06 bits per heavy atom. The number of carbonyl (C=O) groups excluding carboxylic acids is 3. The Hall–Kier alpha value is -3.34. The Bertz CT molecular complexity index is 1120. The van der Waals surface area contributed by atoms with Crippen molar-refractivity contribution >= 4 is 28.6 Å². The van der Waals surface area contributed by atoms with E-state index in [0.29, 0.717) is 5.39 Å². The zero-order valence-corrected chi connectivity index (χ0v) is 20.7. The quantitative estimate of drug-likeness (QED) is 0.400. The van der Waals surface area contributed by atoms with Crippen LogP contribution in [0, 0.1) is 11.8 Å². The molecule has 2 rings (SSSR count). The lowest BCUT2D eigenvalue weighted by atomic mass is 9.87. The molecule has 0 aliphatic heterocycles. The Labute approximate surface area is 203 Å². The van der Waals surface area contributed by atoms with Gasteiger partial charge in [-0.2, -0.15) is 8.78 Å². The second-order valence-corrected chi connectivity index (χ2v) is 9.64. The van der Waals surface area contributed by atoms with Gasteiger partial charge >= 0.3 is 6.61 Å². The molecule has 0 saturated carbocycles. The summed E-state index contributed by atoms with van der Waals surface area (Å²) in [5.74, 6) is -2.64. The Morgan fingerprint density at radius 3 is 2.20 bits per heavy atom. The van der Waals surface area contributed by atoms with Crippen LogP contribution < -0.4 is 26.8 Å². The molecule has 0 fully saturated rings. The van der Waals surface area contributed by atoms with Crippen molar-refractivity contribution in [2.75, 3.05) is 6.54 Å². The van der Waals surface area contributed by atoms with E-state index in [9.17, 15) is 23.2 Å². The van der Waals surface area contributed by atoms with E-state index in [4.69, 9.17) is 11.5 Å². The van der Waals surface area contributed by atoms with Gasteiger partial charge in [0.25, 0.3) is 11.8 Å². The highest BCUT2D eigenvalue weighted by atomic mass is 19.3. The maximum absolute atomic E-state index is 13.3. The Morgan fingerprint density at radius 2 is 1.69 bits per heavy atom. The van der Waals surface area contributed by atoms with E-state index in [1.807, 2.05) is 13.8 Å². The lowest BCUT2D eigenvalue weighted by molar-refractivity contribution is -0.125. The largest absolute Gasteiger partial charge is 0.435 e. The number of nitrogens with zero attached hydrogens (tertiary/aromatic N) is 1. The first kappa shape index (κ1) is 27.9. The highest BCUT2D eigenvalue weighted by molar-refractivity contribution is 6.09. The highest BCUT2D eigenvalue weighted by Gasteiger charge is 2.38. The monoisotopic (exact) mass is 493 g/mol. The molecule has 3 amide bonds. The molecule has 2 unspecified atom stereocenters. The number of rotatable bonds is 10. The van der Waals surface area contributed by atoms with Gasteiger partial charge in [0, 0.05) is 17.5 Å². The lowest BCUT2D eigenvalue weighted by Crippen LogP contribution is -2.59. The smallest absolute Gasteiger partial charge is 0.387 e. The number of fused-ring (bicyclic) bond motifs is 1. The van der Waals surface area contributed by atoms with Gasteiger partial charge in [0.05, 0.1) is 11.1 Å². The third-order valence-electron chi connectivity index (χ3n) is 6.46. The molecule has 9 nitrogen and oxygen atoms in total. The van der Waals surface area contributed by atoms with Crippen LogP contribution in [0.5, 0.6) is 5.75 Å². The van der Waals surface area contributed by atoms with Crippen LogP contribution in [0.15, 0.2) is 24.3 Å². The average molecular weight is 494 g/mol. The maximum Gasteiger partial charge on any atom is 0.387 e. The van der Waals surface area contributed by atoms with E-state index >= 15 is 0 Å². The summed E-state index contributed by atoms with van der Waals surface area (Å²) in [6.45, 7) is 7.56. The summed E-state index contributed by atoms with van der Waals surface area (Å²) in [7, 11) is 0. The molecule has 1 heterocycles. The molecule has 0 saturated heterocycles. The van der Waals surface area contributed by atoms with Crippen LogP contribution in [0.1, 0.15) is 62.4 Å². The van der Waals surface area contributed by atoms with E-state index in [2.05, 4.69) is 20.4 Å². The van der Waals surface area contributed by atoms with Crippen molar-refractivity contribution in [1.29, 1.82) is 0 Å². The predicted octanol–water partition coefficient (Wildman–Crippen LogP) is 2.57. The van der Waals surface area contributed by atoms with Gasteiger partial charge in [0.1, 0.15) is 17.0 Å². The second kappa shape index (κ2) is 10.5. The first-order chi connectivity index (χ1) is 16.1. The molecular weight excluding hydrogens is 460 g/mol. The number of aromatic nitrogens is 1. The van der Waals surface area contributed by atoms with E-state index in [1.54, 1.807) is 20.8 Å². The number of nitrogens with one attached hydrogen (secondary N) is 2. The van der Waals surface area contributed by atoms with Crippen LogP contribution in [0.3, 0.4) is 0 Å². The van der Waals surface area contributed by atoms with Gasteiger partial charge in [-0.1, -0.05) is 27.7 Å². The fourth-order valence-corrected chi connectivity index (χ4v) is 3.03. The van der Waals surface area contributed by atoms with Crippen LogP contribution in [-0.4, -0.2) is 46.9 Å². The Balaban J connectivity index is 2.57. The van der Waals surface area contributed by atoms with Gasteiger partial charge in [-0.25, -0.2) is 4.98 Å². The van der Waals surface area contributed by atoms with Crippen molar-refractivity contribution in [3.63, 3.8) is 0 Å². The molecule has 6 N–H and O–H groups in total. The van der Waals surface area contributed by atoms with Crippen LogP contribution in [0.2, 0.25) is 0 Å². The zero-order valence-electron chi connectivity index (χ0n) is 20.7. The first-order valence-corrected chi connectivity index (χ1v) is 11.2. The van der Waals surface area contributed by atoms with E-state index < -0.39 is 35.4 Å². The molecule has 0 aliphatic carbocycles. The standard InChI is InChI=1S/C24H33F2N5O4/c1-12(2)23(5,28)11-29-19(32)16-10-14-9-15(35-22(25)26)7-8-17(14)30-18(16)20(33)31-24(6,13(3)4)21(27)34/h7-10,12-13,22H,11,28H2,1-6H3,(H2,27,34)(H,29,32)(H,31,33). The molecule has 1 aromatic carbocycles. The number of primary amides is 1. The van der Waals surface area contributed by atoms with Gasteiger partial charge in [-0.3, -0.25) is 14.4 Å². The number of nitrogens with two attached hydrogens (primary N) is 2. The van der Waals surface area contributed by atoms with Crippen LogP contribution in [0.25, 0.3) is 10.9 Å². The predicted molar refractivity (Wildman–Crippen MR) is 128 cm³/mol. The molecule has 192 valence electrons. The molecule has 0 radical (unpaired) electrons. The molecule has 35 heavy (non-hydrogen) atoms. The average Bonchev–Trinajstić information content (AvgIpc) is 2.75. The normalized spacial score (nSPS) is 15.1. The van der Waals surface area contributed by atoms with E-state index in [1.165, 1.54) is 31.2 Å². The third kappa shape index (κ3) is 6.41. The Kier molecular flexibility index (Phi) is 8.38. The number of pyridine rings is 1. The van der Waals surface area contributed by atoms with Crippen molar-refractivity contribution in [1.82, 2.24) is 15.6 Å². The number of carbonyl (C=O) groups is 3. The number of hydrogen-bond acceptors (Lipinski definition) is 6. The number of halogens is 2. The van der Waals surface area contributed by atoms with Crippen LogP contribution >= 0.6 is 0 Å². The molecule has 11 heteroatoms. The van der Waals surface area contributed by atoms with Crippen LogP contribution in [-0.2, 0) is 4.79 Å². The summed E-state index contributed by atoms with van der Waals surface area (Å²) in [5.41, 5.74) is 9.49. The molecule has 0 aliphatic rings. The SMILES string of the molecule is CC(C)C(C)(N)CNC(=O)c1cc2cc(OC(F)F)ccc2nc1C(=O)NC(C)(C(N)=O)C(C)C. The van der Waals surface area contributed by atoms with Crippen LogP contribution in [0.4, 0.5) is 8.78 Å². The third-order valence-corrected chi connectivity index (χ3v) is 6.46. The number of hydrogen-bond donors (Lipinski definition) is 4. The van der Waals surface area contributed by atoms with Gasteiger partial charge < -0.3 is 26.8 Å². The summed E-state index contributed by atoms with van der Waals surface area (Å²) in [4.78, 5) is 42.8. The topological polar surface area (TPSA) is 149 Å². The molecular formula is C24H33F2N5O4. The summed E-state index contributed by atoms with van der Waals surface area (Å²) in [5, 5.41) is 5.60. The number of amides is 3. The summed E-state index contributed by atoms with van der Waals surface area (Å²) < 4.78 is 29.7. The van der Waals surface area contributed by atoms with Gasteiger partial charge in [-0.15, -0.1) is 0 Å². The highest BCUT2D eigenvalue weighted by Crippen LogP contribution is 2.25. The minimum atomic E-state index is -3.03. The minimum Gasteiger partial charge on any atom is -0.435 e. The van der Waals surface area contributed by atoms with E-state index in [0.717, 1.165) is 0 Å².